The summed E-state index contributed by atoms with van der Waals surface area (Å²) in [5.74, 6) is 0. The predicted molar refractivity (Wildman–Crippen MR) is 69.4 cm³/mol. The molecule has 0 amide bonds. The van der Waals surface area contributed by atoms with Gasteiger partial charge in [0.15, 0.2) is 0 Å². The molecule has 2 aliphatic rings. The van der Waals surface area contributed by atoms with Gasteiger partial charge >= 0.3 is 0 Å². The molecule has 16 heavy (non-hydrogen) atoms. The molecule has 0 aromatic heterocycles. The third-order valence-corrected chi connectivity index (χ3v) is 2.58. The monoisotopic (exact) mass is 233 g/mol. The highest BCUT2D eigenvalue weighted by Crippen LogP contribution is 2.32. The summed E-state index contributed by atoms with van der Waals surface area (Å²) in [5.41, 5.74) is 10.8. The molecule has 82 valence electrons. The lowest BCUT2D eigenvalue weighted by Gasteiger charge is -2.22. The number of fused-ring (bicyclic) bond motifs is 2. The Kier molecular flexibility index (Phi) is 2.71. The lowest BCUT2D eigenvalue weighted by Crippen LogP contribution is -2.20. The van der Waals surface area contributed by atoms with Crippen LogP contribution in [-0.2, 0) is 0 Å². The van der Waals surface area contributed by atoms with Crippen LogP contribution in [-0.4, -0.2) is 5.71 Å². The standard InChI is InChI=1S/C12H11N3.ClH/c13-8-5-6-11-12(7-8)15-10-4-2-1-3-9(10)14-11;/h1-6,14H,7,13H2;1H. The lowest BCUT2D eigenvalue weighted by molar-refractivity contribution is 1.16. The van der Waals surface area contributed by atoms with Crippen LogP contribution in [0.2, 0.25) is 0 Å². The lowest BCUT2D eigenvalue weighted by atomic mass is 10.0. The molecular formula is C12H12ClN3. The van der Waals surface area contributed by atoms with Crippen LogP contribution in [0.1, 0.15) is 6.42 Å². The number of anilines is 1. The second-order valence-corrected chi connectivity index (χ2v) is 3.70. The Morgan fingerprint density at radius 3 is 2.88 bits per heavy atom. The molecule has 1 aliphatic heterocycles. The van der Waals surface area contributed by atoms with Gasteiger partial charge in [-0.15, -0.1) is 12.4 Å². The van der Waals surface area contributed by atoms with Crippen LogP contribution >= 0.6 is 12.4 Å². The van der Waals surface area contributed by atoms with Gasteiger partial charge in [-0.1, -0.05) is 12.1 Å². The number of nitrogens with two attached hydrogens (primary N) is 1. The fourth-order valence-electron chi connectivity index (χ4n) is 1.81. The average Bonchev–Trinajstić information content (AvgIpc) is 2.26. The minimum Gasteiger partial charge on any atom is -0.402 e. The largest absolute Gasteiger partial charge is 0.402 e. The van der Waals surface area contributed by atoms with Crippen LogP contribution < -0.4 is 11.1 Å². The van der Waals surface area contributed by atoms with Crippen molar-refractivity contribution < 1.29 is 0 Å². The molecule has 0 fully saturated rings. The summed E-state index contributed by atoms with van der Waals surface area (Å²) < 4.78 is 0. The zero-order valence-electron chi connectivity index (χ0n) is 8.60. The van der Waals surface area contributed by atoms with Crippen molar-refractivity contribution in [1.29, 1.82) is 0 Å². The van der Waals surface area contributed by atoms with Gasteiger partial charge in [-0.2, -0.15) is 0 Å². The summed E-state index contributed by atoms with van der Waals surface area (Å²) >= 11 is 0. The van der Waals surface area contributed by atoms with Crippen molar-refractivity contribution in [2.75, 3.05) is 5.32 Å². The number of rotatable bonds is 0. The van der Waals surface area contributed by atoms with E-state index < -0.39 is 0 Å². The Morgan fingerprint density at radius 1 is 1.19 bits per heavy atom. The maximum Gasteiger partial charge on any atom is 0.0868 e. The number of para-hydroxylation sites is 2. The van der Waals surface area contributed by atoms with Crippen LogP contribution in [0.5, 0.6) is 0 Å². The highest BCUT2D eigenvalue weighted by atomic mass is 35.5. The first-order valence-corrected chi connectivity index (χ1v) is 4.93. The second-order valence-electron chi connectivity index (χ2n) is 3.70. The van der Waals surface area contributed by atoms with Gasteiger partial charge < -0.3 is 11.1 Å². The molecule has 3 N–H and O–H groups in total. The van der Waals surface area contributed by atoms with Crippen LogP contribution in [0.3, 0.4) is 0 Å². The average molecular weight is 234 g/mol. The summed E-state index contributed by atoms with van der Waals surface area (Å²) in [6, 6.07) is 8.01. The van der Waals surface area contributed by atoms with Crippen molar-refractivity contribution in [2.45, 2.75) is 6.42 Å². The first-order chi connectivity index (χ1) is 7.33. The molecule has 3 rings (SSSR count). The molecule has 0 radical (unpaired) electrons. The van der Waals surface area contributed by atoms with E-state index in [2.05, 4.69) is 10.3 Å². The molecule has 0 saturated carbocycles. The molecule has 0 spiro atoms. The molecular weight excluding hydrogens is 222 g/mol. The molecule has 1 aliphatic carbocycles. The van der Waals surface area contributed by atoms with Crippen LogP contribution in [0.25, 0.3) is 0 Å². The number of halogens is 1. The summed E-state index contributed by atoms with van der Waals surface area (Å²) in [6.07, 6.45) is 4.63. The van der Waals surface area contributed by atoms with Crippen LogP contribution in [0.15, 0.2) is 52.8 Å². The van der Waals surface area contributed by atoms with Crippen molar-refractivity contribution in [3.63, 3.8) is 0 Å². The molecule has 1 heterocycles. The summed E-state index contributed by atoms with van der Waals surface area (Å²) in [5, 5.41) is 3.35. The van der Waals surface area contributed by atoms with E-state index in [1.165, 1.54) is 0 Å². The van der Waals surface area contributed by atoms with Gasteiger partial charge in [0.2, 0.25) is 0 Å². The third kappa shape index (κ3) is 1.70. The fraction of sp³-hybridized carbons (Fsp3) is 0.0833. The van der Waals surface area contributed by atoms with E-state index >= 15 is 0 Å². The number of nitrogens with one attached hydrogen (secondary N) is 1. The molecule has 3 nitrogen and oxygen atoms in total. The number of nitrogens with zero attached hydrogens (tertiary/aromatic N) is 1. The van der Waals surface area contributed by atoms with Gasteiger partial charge in [-0.3, -0.25) is 0 Å². The third-order valence-electron chi connectivity index (χ3n) is 2.58. The van der Waals surface area contributed by atoms with Crippen molar-refractivity contribution >= 4 is 29.5 Å². The molecule has 0 saturated heterocycles. The molecule has 4 heteroatoms. The van der Waals surface area contributed by atoms with E-state index in [1.54, 1.807) is 0 Å². The first kappa shape index (κ1) is 10.8. The quantitative estimate of drug-likeness (QED) is 0.724. The zero-order chi connectivity index (χ0) is 10.3. The summed E-state index contributed by atoms with van der Waals surface area (Å²) in [4.78, 5) is 4.58. The highest BCUT2D eigenvalue weighted by Gasteiger charge is 2.18. The predicted octanol–water partition coefficient (Wildman–Crippen LogP) is 2.74. The molecule has 0 bridgehead atoms. The molecule has 0 atom stereocenters. The number of hydrogen-bond acceptors (Lipinski definition) is 3. The number of aliphatic imine (C=N–C) groups is 1. The van der Waals surface area contributed by atoms with E-state index in [0.717, 1.165) is 34.9 Å². The Morgan fingerprint density at radius 2 is 2.00 bits per heavy atom. The van der Waals surface area contributed by atoms with E-state index in [4.69, 9.17) is 5.73 Å². The maximum atomic E-state index is 5.77. The van der Waals surface area contributed by atoms with Crippen molar-refractivity contribution in [1.82, 2.24) is 0 Å². The van der Waals surface area contributed by atoms with E-state index in [1.807, 2.05) is 36.4 Å². The normalized spacial score (nSPS) is 16.6. The smallest absolute Gasteiger partial charge is 0.0868 e. The van der Waals surface area contributed by atoms with E-state index in [-0.39, 0.29) is 12.4 Å². The minimum atomic E-state index is 0. The second kappa shape index (κ2) is 4.02. The first-order valence-electron chi connectivity index (χ1n) is 4.93. The van der Waals surface area contributed by atoms with Crippen LogP contribution in [0.4, 0.5) is 11.4 Å². The molecule has 1 aromatic carbocycles. The van der Waals surface area contributed by atoms with Gasteiger partial charge in [-0.05, 0) is 24.3 Å². The minimum absolute atomic E-state index is 0. The van der Waals surface area contributed by atoms with Gasteiger partial charge in [0.25, 0.3) is 0 Å². The van der Waals surface area contributed by atoms with Crippen molar-refractivity contribution in [3.8, 4) is 0 Å². The molecule has 0 unspecified atom stereocenters. The van der Waals surface area contributed by atoms with Gasteiger partial charge in [0.1, 0.15) is 0 Å². The van der Waals surface area contributed by atoms with E-state index in [0.29, 0.717) is 0 Å². The summed E-state index contributed by atoms with van der Waals surface area (Å²) in [6.45, 7) is 0. The highest BCUT2D eigenvalue weighted by molar-refractivity contribution is 6.09. The summed E-state index contributed by atoms with van der Waals surface area (Å²) in [7, 11) is 0. The van der Waals surface area contributed by atoms with Crippen LogP contribution in [0, 0.1) is 0 Å². The zero-order valence-corrected chi connectivity index (χ0v) is 9.42. The SMILES string of the molecule is Cl.NC1=CC=C2Nc3ccccc3N=C2C1. The van der Waals surface area contributed by atoms with Gasteiger partial charge in [0, 0.05) is 12.1 Å². The number of benzene rings is 1. The Balaban J connectivity index is 0.000000963. The Bertz CT molecular complexity index is 515. The van der Waals surface area contributed by atoms with Gasteiger partial charge in [0.05, 0.1) is 22.8 Å². The molecule has 1 aromatic rings. The van der Waals surface area contributed by atoms with Gasteiger partial charge in [-0.25, -0.2) is 4.99 Å². The topological polar surface area (TPSA) is 50.4 Å². The van der Waals surface area contributed by atoms with Crippen molar-refractivity contribution in [3.05, 3.63) is 47.8 Å². The Hall–Kier alpha value is -1.74. The van der Waals surface area contributed by atoms with Crippen molar-refractivity contribution in [2.24, 2.45) is 10.7 Å². The Labute approximate surface area is 100 Å². The number of hydrogen-bond donors (Lipinski definition) is 2. The van der Waals surface area contributed by atoms with E-state index in [9.17, 15) is 0 Å². The maximum absolute atomic E-state index is 5.77. The number of allylic oxidation sites excluding steroid dienone is 4. The fourth-order valence-corrected chi connectivity index (χ4v) is 1.81.